The van der Waals surface area contributed by atoms with Gasteiger partial charge in [0.2, 0.25) is 10.0 Å². The summed E-state index contributed by atoms with van der Waals surface area (Å²) in [5.41, 5.74) is 1.33. The van der Waals surface area contributed by atoms with Crippen molar-refractivity contribution in [2.45, 2.75) is 37.7 Å². The maximum atomic E-state index is 12.3. The van der Waals surface area contributed by atoms with Gasteiger partial charge in [-0.2, -0.15) is 4.98 Å². The Bertz CT molecular complexity index is 1150. The van der Waals surface area contributed by atoms with E-state index >= 15 is 0 Å². The van der Waals surface area contributed by atoms with Crippen LogP contribution in [0.3, 0.4) is 0 Å². The fourth-order valence-corrected chi connectivity index (χ4v) is 3.75. The molecule has 0 N–H and O–H groups in total. The van der Waals surface area contributed by atoms with Crippen LogP contribution in [0.5, 0.6) is 0 Å². The Labute approximate surface area is 168 Å². The molecule has 156 valence electrons. The van der Waals surface area contributed by atoms with Crippen LogP contribution >= 0.6 is 0 Å². The van der Waals surface area contributed by atoms with E-state index in [0.29, 0.717) is 23.6 Å². The Morgan fingerprint density at radius 3 is 2.66 bits per heavy atom. The molecule has 0 bridgehead atoms. The molecule has 0 radical (unpaired) electrons. The molecule has 0 amide bonds. The Hall–Kier alpha value is -2.79. The average molecular weight is 421 g/mol. The minimum atomic E-state index is -3.55. The third-order valence-corrected chi connectivity index (χ3v) is 6.29. The van der Waals surface area contributed by atoms with E-state index in [1.807, 2.05) is 11.6 Å². The summed E-state index contributed by atoms with van der Waals surface area (Å²) in [4.78, 5) is 20.9. The van der Waals surface area contributed by atoms with E-state index in [-0.39, 0.29) is 17.2 Å². The molecule has 3 aromatic rings. The zero-order valence-electron chi connectivity index (χ0n) is 16.9. The number of benzene rings is 1. The molecule has 29 heavy (non-hydrogen) atoms. The number of hydrogen-bond donors (Lipinski definition) is 0. The van der Waals surface area contributed by atoms with Crippen molar-refractivity contribution in [2.24, 2.45) is 7.05 Å². The van der Waals surface area contributed by atoms with Gasteiger partial charge >= 0.3 is 5.97 Å². The van der Waals surface area contributed by atoms with E-state index in [9.17, 15) is 13.2 Å². The zero-order valence-corrected chi connectivity index (χ0v) is 17.7. The third-order valence-electron chi connectivity index (χ3n) is 4.48. The molecular formula is C18H23N5O5S. The fraction of sp³-hybridized carbons (Fsp3) is 0.444. The van der Waals surface area contributed by atoms with E-state index in [1.54, 1.807) is 26.0 Å². The molecule has 0 saturated heterocycles. The number of hydrogen-bond acceptors (Lipinski definition) is 8. The van der Waals surface area contributed by atoms with Crippen LogP contribution in [0.4, 0.5) is 0 Å². The number of ether oxygens (including phenoxy) is 1. The van der Waals surface area contributed by atoms with Crippen LogP contribution in [0.15, 0.2) is 27.6 Å². The molecule has 1 atom stereocenters. The lowest BCUT2D eigenvalue weighted by Gasteiger charge is -2.11. The summed E-state index contributed by atoms with van der Waals surface area (Å²) in [7, 11) is 1.23. The van der Waals surface area contributed by atoms with Gasteiger partial charge < -0.3 is 13.8 Å². The first-order valence-electron chi connectivity index (χ1n) is 8.97. The smallest absolute Gasteiger partial charge is 0.307 e. The topological polar surface area (TPSA) is 120 Å². The first kappa shape index (κ1) is 20.9. The second kappa shape index (κ2) is 7.91. The Balaban J connectivity index is 1.71. The molecular weight excluding hydrogens is 398 g/mol. The van der Waals surface area contributed by atoms with Crippen LogP contribution in [0.1, 0.15) is 37.0 Å². The highest BCUT2D eigenvalue weighted by atomic mass is 32.2. The molecule has 0 spiro atoms. The largest absolute Gasteiger partial charge is 0.453 e. The Kier molecular flexibility index (Phi) is 5.71. The molecule has 1 aromatic carbocycles. The third kappa shape index (κ3) is 4.30. The fourth-order valence-electron chi connectivity index (χ4n) is 2.82. The predicted octanol–water partition coefficient (Wildman–Crippen LogP) is 1.75. The highest BCUT2D eigenvalue weighted by molar-refractivity contribution is 7.89. The number of aryl methyl sites for hydroxylation is 3. The van der Waals surface area contributed by atoms with Crippen LogP contribution < -0.4 is 0 Å². The van der Waals surface area contributed by atoms with Crippen molar-refractivity contribution < 1.29 is 22.5 Å². The van der Waals surface area contributed by atoms with Crippen LogP contribution in [0.2, 0.25) is 0 Å². The molecule has 10 nitrogen and oxygen atoms in total. The van der Waals surface area contributed by atoms with Crippen LogP contribution in [0, 0.1) is 6.92 Å². The van der Waals surface area contributed by atoms with Gasteiger partial charge in [-0.15, -0.1) is 0 Å². The monoisotopic (exact) mass is 421 g/mol. The number of carbonyl (C=O) groups is 1. The van der Waals surface area contributed by atoms with Crippen molar-refractivity contribution in [3.05, 3.63) is 35.7 Å². The molecule has 0 fully saturated rings. The van der Waals surface area contributed by atoms with E-state index in [4.69, 9.17) is 9.26 Å². The summed E-state index contributed by atoms with van der Waals surface area (Å²) >= 11 is 0. The number of imidazole rings is 1. The number of nitrogens with zero attached hydrogens (tertiary/aromatic N) is 5. The zero-order chi connectivity index (χ0) is 21.3. The molecule has 0 saturated carbocycles. The van der Waals surface area contributed by atoms with Gasteiger partial charge in [0.05, 0.1) is 22.3 Å². The van der Waals surface area contributed by atoms with Crippen molar-refractivity contribution in [3.63, 3.8) is 0 Å². The minimum absolute atomic E-state index is 0.109. The molecule has 11 heteroatoms. The van der Waals surface area contributed by atoms with Crippen LogP contribution in [-0.4, -0.2) is 52.5 Å². The maximum absolute atomic E-state index is 12.3. The molecule has 0 aliphatic heterocycles. The van der Waals surface area contributed by atoms with Crippen molar-refractivity contribution in [1.29, 1.82) is 0 Å². The van der Waals surface area contributed by atoms with Gasteiger partial charge in [0.15, 0.2) is 11.9 Å². The summed E-state index contributed by atoms with van der Waals surface area (Å²) in [6.07, 6.45) is -0.185. The second-order valence-corrected chi connectivity index (χ2v) is 8.99. The van der Waals surface area contributed by atoms with E-state index in [2.05, 4.69) is 15.1 Å². The van der Waals surface area contributed by atoms with Gasteiger partial charge in [0.25, 0.3) is 5.89 Å². The van der Waals surface area contributed by atoms with Crippen molar-refractivity contribution in [2.75, 3.05) is 14.1 Å². The SMILES string of the molecule is Cc1noc(C(C)OC(=O)CCc2nc3cc(S(=O)(=O)N(C)C)ccc3n2C)n1. The Morgan fingerprint density at radius 2 is 2.03 bits per heavy atom. The first-order chi connectivity index (χ1) is 13.6. The number of carbonyl (C=O) groups excluding carboxylic acids is 1. The first-order valence-corrected chi connectivity index (χ1v) is 10.4. The summed E-state index contributed by atoms with van der Waals surface area (Å²) in [6.45, 7) is 3.34. The van der Waals surface area contributed by atoms with E-state index in [0.717, 1.165) is 9.82 Å². The lowest BCUT2D eigenvalue weighted by Crippen LogP contribution is -2.22. The quantitative estimate of drug-likeness (QED) is 0.529. The molecule has 0 aliphatic carbocycles. The lowest BCUT2D eigenvalue weighted by molar-refractivity contribution is -0.149. The number of rotatable bonds is 7. The number of esters is 1. The van der Waals surface area contributed by atoms with Gasteiger partial charge in [-0.3, -0.25) is 4.79 Å². The molecule has 0 aliphatic rings. The van der Waals surface area contributed by atoms with Gasteiger partial charge in [0, 0.05) is 27.6 Å². The summed E-state index contributed by atoms with van der Waals surface area (Å²) < 4.78 is 37.9. The highest BCUT2D eigenvalue weighted by Gasteiger charge is 2.20. The molecule has 2 aromatic heterocycles. The Morgan fingerprint density at radius 1 is 1.31 bits per heavy atom. The summed E-state index contributed by atoms with van der Waals surface area (Å²) in [5, 5.41) is 3.67. The average Bonchev–Trinajstić information content (AvgIpc) is 3.23. The number of aromatic nitrogens is 4. The predicted molar refractivity (Wildman–Crippen MR) is 103 cm³/mol. The van der Waals surface area contributed by atoms with Gasteiger partial charge in [-0.25, -0.2) is 17.7 Å². The minimum Gasteiger partial charge on any atom is -0.453 e. The standard InChI is InChI=1S/C18H23N5O5S/c1-11(18-19-12(2)21-28-18)27-17(24)9-8-16-20-14-10-13(29(25,26)22(3)4)6-7-15(14)23(16)5/h6-7,10-11H,8-9H2,1-5H3. The van der Waals surface area contributed by atoms with Crippen LogP contribution in [0.25, 0.3) is 11.0 Å². The lowest BCUT2D eigenvalue weighted by atomic mass is 10.3. The van der Waals surface area contributed by atoms with E-state index in [1.165, 1.54) is 20.2 Å². The summed E-state index contributed by atoms with van der Waals surface area (Å²) in [5.74, 6) is 0.945. The molecule has 1 unspecified atom stereocenters. The summed E-state index contributed by atoms with van der Waals surface area (Å²) in [6, 6.07) is 4.79. The highest BCUT2D eigenvalue weighted by Crippen LogP contribution is 2.22. The van der Waals surface area contributed by atoms with Gasteiger partial charge in [-0.05, 0) is 32.0 Å². The normalized spacial score (nSPS) is 13.2. The van der Waals surface area contributed by atoms with Gasteiger partial charge in [-0.1, -0.05) is 5.16 Å². The van der Waals surface area contributed by atoms with Crippen molar-refractivity contribution >= 4 is 27.0 Å². The van der Waals surface area contributed by atoms with Crippen molar-refractivity contribution in [1.82, 2.24) is 24.0 Å². The molecule has 2 heterocycles. The maximum Gasteiger partial charge on any atom is 0.307 e. The molecule has 3 rings (SSSR count). The second-order valence-electron chi connectivity index (χ2n) is 6.84. The number of fused-ring (bicyclic) bond motifs is 1. The van der Waals surface area contributed by atoms with Crippen molar-refractivity contribution in [3.8, 4) is 0 Å². The number of sulfonamides is 1. The van der Waals surface area contributed by atoms with Gasteiger partial charge in [0.1, 0.15) is 5.82 Å². The van der Waals surface area contributed by atoms with Crippen LogP contribution in [-0.2, 0) is 33.0 Å². The van der Waals surface area contributed by atoms with E-state index < -0.39 is 22.1 Å².